The van der Waals surface area contributed by atoms with Gasteiger partial charge < -0.3 is 4.52 Å². The molecule has 0 aromatic carbocycles. The van der Waals surface area contributed by atoms with E-state index in [1.54, 1.807) is 0 Å². The summed E-state index contributed by atoms with van der Waals surface area (Å²) in [5.74, 6) is 0. The first-order valence-corrected chi connectivity index (χ1v) is 5.56. The van der Waals surface area contributed by atoms with Gasteiger partial charge in [-0.25, -0.2) is 9.76 Å². The van der Waals surface area contributed by atoms with E-state index < -0.39 is 7.67 Å². The fourth-order valence-corrected chi connectivity index (χ4v) is 3.09. The number of rotatable bonds is 3. The largest absolute Gasteiger partial charge is 0.343 e. The van der Waals surface area contributed by atoms with E-state index in [1.165, 1.54) is 0 Å². The number of nitrogens with one attached hydrogen (secondary N) is 1. The molecular weight excluding hydrogens is 163 g/mol. The van der Waals surface area contributed by atoms with Crippen molar-refractivity contribution in [3.8, 4) is 0 Å². The zero-order valence-corrected chi connectivity index (χ0v) is 7.93. The quantitative estimate of drug-likeness (QED) is 0.656. The third-order valence-corrected chi connectivity index (χ3v) is 4.25. The van der Waals surface area contributed by atoms with Crippen molar-refractivity contribution >= 4 is 7.67 Å². The SMILES string of the molecule is CCN(CC)[P@@]1(=O)NCCO1. The van der Waals surface area contributed by atoms with Crippen molar-refractivity contribution in [2.45, 2.75) is 13.8 Å². The molecule has 0 radical (unpaired) electrons. The van der Waals surface area contributed by atoms with Gasteiger partial charge in [-0.05, 0) is 0 Å². The molecule has 1 heterocycles. The summed E-state index contributed by atoms with van der Waals surface area (Å²) in [6.07, 6.45) is 0. The molecule has 0 saturated carbocycles. The topological polar surface area (TPSA) is 41.6 Å². The Kier molecular flexibility index (Phi) is 3.07. The van der Waals surface area contributed by atoms with Gasteiger partial charge >= 0.3 is 7.67 Å². The summed E-state index contributed by atoms with van der Waals surface area (Å²) < 4.78 is 18.8. The lowest BCUT2D eigenvalue weighted by molar-refractivity contribution is 0.302. The Morgan fingerprint density at radius 2 is 2.18 bits per heavy atom. The third kappa shape index (κ3) is 1.82. The highest BCUT2D eigenvalue weighted by Gasteiger charge is 2.33. The molecule has 0 aliphatic carbocycles. The monoisotopic (exact) mass is 178 g/mol. The molecule has 11 heavy (non-hydrogen) atoms. The van der Waals surface area contributed by atoms with Crippen LogP contribution in [0, 0.1) is 0 Å². The standard InChI is InChI=1S/C6H15N2O2P/c1-3-8(4-2)11(9)7-5-6-10-11/h3-6H2,1-2H3,(H,7,9)/t11-/m1/s1. The maximum atomic E-state index is 11.8. The van der Waals surface area contributed by atoms with Gasteiger partial charge in [0.15, 0.2) is 0 Å². The Morgan fingerprint density at radius 1 is 1.55 bits per heavy atom. The zero-order chi connectivity index (χ0) is 8.32. The molecule has 1 fully saturated rings. The maximum absolute atomic E-state index is 11.8. The average molecular weight is 178 g/mol. The first-order chi connectivity index (χ1) is 5.23. The summed E-state index contributed by atoms with van der Waals surface area (Å²) in [5, 5.41) is 2.89. The van der Waals surface area contributed by atoms with Crippen LogP contribution in [0.15, 0.2) is 0 Å². The van der Waals surface area contributed by atoms with Crippen LogP contribution in [0.25, 0.3) is 0 Å². The lowest BCUT2D eigenvalue weighted by Crippen LogP contribution is -2.24. The Morgan fingerprint density at radius 3 is 2.55 bits per heavy atom. The average Bonchev–Trinajstić information content (AvgIpc) is 2.39. The van der Waals surface area contributed by atoms with Crippen molar-refractivity contribution in [1.29, 1.82) is 0 Å². The lowest BCUT2D eigenvalue weighted by atomic mass is 10.7. The minimum atomic E-state index is -2.60. The van der Waals surface area contributed by atoms with Crippen LogP contribution in [0.5, 0.6) is 0 Å². The molecule has 4 nitrogen and oxygen atoms in total. The molecule has 1 rings (SSSR count). The molecule has 1 saturated heterocycles. The highest BCUT2D eigenvalue weighted by atomic mass is 31.2. The van der Waals surface area contributed by atoms with Crippen molar-refractivity contribution in [1.82, 2.24) is 9.76 Å². The molecule has 1 N–H and O–H groups in total. The van der Waals surface area contributed by atoms with Crippen LogP contribution in [0.4, 0.5) is 0 Å². The summed E-state index contributed by atoms with van der Waals surface area (Å²) >= 11 is 0. The molecule has 0 aromatic rings. The second kappa shape index (κ2) is 3.68. The predicted octanol–water partition coefficient (Wildman–Crippen LogP) is 1.06. The van der Waals surface area contributed by atoms with Gasteiger partial charge in [0, 0.05) is 19.6 Å². The summed E-state index contributed by atoms with van der Waals surface area (Å²) in [7, 11) is -2.60. The van der Waals surface area contributed by atoms with Crippen LogP contribution in [0.1, 0.15) is 13.8 Å². The first-order valence-electron chi connectivity index (χ1n) is 3.98. The van der Waals surface area contributed by atoms with Gasteiger partial charge in [0.25, 0.3) is 0 Å². The van der Waals surface area contributed by atoms with Gasteiger partial charge in [0.05, 0.1) is 6.61 Å². The van der Waals surface area contributed by atoms with Gasteiger partial charge in [-0.15, -0.1) is 0 Å². The van der Waals surface area contributed by atoms with E-state index in [-0.39, 0.29) is 0 Å². The molecule has 5 heteroatoms. The Balaban J connectivity index is 2.61. The Bertz CT molecular complexity index is 160. The van der Waals surface area contributed by atoms with Crippen LogP contribution in [-0.4, -0.2) is 30.9 Å². The summed E-state index contributed by atoms with van der Waals surface area (Å²) in [5.41, 5.74) is 0. The van der Waals surface area contributed by atoms with Crippen molar-refractivity contribution in [3.63, 3.8) is 0 Å². The fourth-order valence-electron chi connectivity index (χ4n) is 1.18. The molecule has 0 spiro atoms. The fraction of sp³-hybridized carbons (Fsp3) is 1.00. The van der Waals surface area contributed by atoms with Crippen LogP contribution in [0.2, 0.25) is 0 Å². The lowest BCUT2D eigenvalue weighted by Gasteiger charge is -2.23. The van der Waals surface area contributed by atoms with Crippen molar-refractivity contribution in [3.05, 3.63) is 0 Å². The van der Waals surface area contributed by atoms with Gasteiger partial charge in [-0.2, -0.15) is 0 Å². The van der Waals surface area contributed by atoms with Gasteiger partial charge in [-0.3, -0.25) is 4.57 Å². The molecule has 1 aliphatic heterocycles. The molecular formula is C6H15N2O2P. The predicted molar refractivity (Wildman–Crippen MR) is 44.5 cm³/mol. The number of nitrogens with zero attached hydrogens (tertiary/aromatic N) is 1. The maximum Gasteiger partial charge on any atom is 0.343 e. The van der Waals surface area contributed by atoms with Crippen LogP contribution < -0.4 is 5.09 Å². The van der Waals surface area contributed by atoms with Crippen LogP contribution in [-0.2, 0) is 9.09 Å². The summed E-state index contributed by atoms with van der Waals surface area (Å²) in [6.45, 7) is 6.75. The minimum Gasteiger partial charge on any atom is -0.305 e. The minimum absolute atomic E-state index is 0.563. The van der Waals surface area contributed by atoms with E-state index in [2.05, 4.69) is 5.09 Å². The van der Waals surface area contributed by atoms with Crippen LogP contribution in [0.3, 0.4) is 0 Å². The number of hydrogen-bond donors (Lipinski definition) is 1. The van der Waals surface area contributed by atoms with E-state index in [9.17, 15) is 4.57 Å². The Labute approximate surface area is 67.5 Å². The molecule has 1 atom stereocenters. The van der Waals surface area contributed by atoms with Crippen molar-refractivity contribution < 1.29 is 9.09 Å². The van der Waals surface area contributed by atoms with E-state index in [1.807, 2.05) is 18.5 Å². The second-order valence-electron chi connectivity index (χ2n) is 2.40. The second-order valence-corrected chi connectivity index (χ2v) is 4.58. The van der Waals surface area contributed by atoms with Crippen molar-refractivity contribution in [2.75, 3.05) is 26.2 Å². The number of hydrogen-bond acceptors (Lipinski definition) is 2. The molecule has 1 aliphatic rings. The van der Waals surface area contributed by atoms with Crippen molar-refractivity contribution in [2.24, 2.45) is 0 Å². The smallest absolute Gasteiger partial charge is 0.305 e. The third-order valence-electron chi connectivity index (χ3n) is 1.78. The van der Waals surface area contributed by atoms with Gasteiger partial charge in [0.1, 0.15) is 0 Å². The highest BCUT2D eigenvalue weighted by molar-refractivity contribution is 7.54. The Hall–Kier alpha value is 0.110. The van der Waals surface area contributed by atoms with E-state index in [0.717, 1.165) is 13.1 Å². The molecule has 0 bridgehead atoms. The molecule has 66 valence electrons. The molecule has 0 aromatic heterocycles. The zero-order valence-electron chi connectivity index (χ0n) is 7.04. The molecule has 0 amide bonds. The summed E-state index contributed by atoms with van der Waals surface area (Å²) in [6, 6.07) is 0. The van der Waals surface area contributed by atoms with Crippen LogP contribution >= 0.6 is 7.67 Å². The van der Waals surface area contributed by atoms with Gasteiger partial charge in [0.2, 0.25) is 0 Å². The normalized spacial score (nSPS) is 31.5. The van der Waals surface area contributed by atoms with Gasteiger partial charge in [-0.1, -0.05) is 13.8 Å². The summed E-state index contributed by atoms with van der Waals surface area (Å²) in [4.78, 5) is 0. The first kappa shape index (κ1) is 9.20. The van der Waals surface area contributed by atoms with E-state index in [0.29, 0.717) is 13.2 Å². The van der Waals surface area contributed by atoms with E-state index in [4.69, 9.17) is 4.52 Å². The molecule has 0 unspecified atom stereocenters. The highest BCUT2D eigenvalue weighted by Crippen LogP contribution is 2.48. The van der Waals surface area contributed by atoms with E-state index >= 15 is 0 Å².